The van der Waals surface area contributed by atoms with Crippen LogP contribution in [0.4, 0.5) is 5.69 Å². The number of nitrogens with zero attached hydrogens (tertiary/aromatic N) is 1. The molecule has 0 saturated heterocycles. The maximum atomic E-state index is 11.9. The summed E-state index contributed by atoms with van der Waals surface area (Å²) in [5.74, 6) is 0.308. The van der Waals surface area contributed by atoms with Gasteiger partial charge in [-0.15, -0.1) is 0 Å². The molecule has 3 nitrogen and oxygen atoms in total. The lowest BCUT2D eigenvalue weighted by Crippen LogP contribution is -2.29. The first-order chi connectivity index (χ1) is 7.56. The van der Waals surface area contributed by atoms with Gasteiger partial charge in [-0.1, -0.05) is 19.1 Å². The van der Waals surface area contributed by atoms with Gasteiger partial charge in [0.05, 0.1) is 5.69 Å². The van der Waals surface area contributed by atoms with Crippen LogP contribution in [0.3, 0.4) is 0 Å². The maximum absolute atomic E-state index is 11.9. The number of amides is 1. The first kappa shape index (κ1) is 13.2. The molecule has 0 aromatic heterocycles. The molecule has 0 fully saturated rings. The van der Waals surface area contributed by atoms with Crippen molar-refractivity contribution in [2.24, 2.45) is 11.7 Å². The molecule has 88 valence electrons. The van der Waals surface area contributed by atoms with Crippen LogP contribution < -0.4 is 10.6 Å². The molecule has 2 N–H and O–H groups in total. The zero-order chi connectivity index (χ0) is 12.1. The predicted molar refractivity (Wildman–Crippen MR) is 70.4 cm³/mol. The number of benzene rings is 1. The molecule has 1 aromatic carbocycles. The summed E-state index contributed by atoms with van der Waals surface area (Å²) in [6.07, 6.45) is 0.480. The van der Waals surface area contributed by atoms with E-state index in [0.717, 1.165) is 10.2 Å². The fourth-order valence-electron chi connectivity index (χ4n) is 1.38. The van der Waals surface area contributed by atoms with Gasteiger partial charge in [0.25, 0.3) is 0 Å². The second-order valence-corrected chi connectivity index (χ2v) is 4.80. The number of nitrogens with two attached hydrogens (primary N) is 1. The van der Waals surface area contributed by atoms with Gasteiger partial charge in [-0.05, 0) is 40.5 Å². The quantitative estimate of drug-likeness (QED) is 0.923. The Morgan fingerprint density at radius 3 is 2.69 bits per heavy atom. The molecule has 1 aromatic rings. The molecule has 0 heterocycles. The van der Waals surface area contributed by atoms with Crippen molar-refractivity contribution in [3.05, 3.63) is 28.7 Å². The average molecular weight is 285 g/mol. The minimum absolute atomic E-state index is 0.0878. The molecule has 0 saturated carbocycles. The SMILES string of the molecule is CC(CN)CC(=O)N(C)c1ccccc1Br. The van der Waals surface area contributed by atoms with E-state index in [2.05, 4.69) is 15.9 Å². The van der Waals surface area contributed by atoms with Crippen LogP contribution in [0.1, 0.15) is 13.3 Å². The minimum atomic E-state index is 0.0878. The van der Waals surface area contributed by atoms with E-state index in [0.29, 0.717) is 13.0 Å². The summed E-state index contributed by atoms with van der Waals surface area (Å²) in [7, 11) is 1.78. The van der Waals surface area contributed by atoms with Gasteiger partial charge in [0, 0.05) is 17.9 Å². The molecule has 1 rings (SSSR count). The molecule has 1 amide bonds. The largest absolute Gasteiger partial charge is 0.330 e. The lowest BCUT2D eigenvalue weighted by Gasteiger charge is -2.20. The molecule has 1 atom stereocenters. The summed E-state index contributed by atoms with van der Waals surface area (Å²) in [6, 6.07) is 7.67. The fraction of sp³-hybridized carbons (Fsp3) is 0.417. The third-order valence-corrected chi connectivity index (χ3v) is 3.18. The van der Waals surface area contributed by atoms with E-state index in [1.807, 2.05) is 31.2 Å². The van der Waals surface area contributed by atoms with Gasteiger partial charge in [0.1, 0.15) is 0 Å². The normalized spacial score (nSPS) is 12.2. The highest BCUT2D eigenvalue weighted by Gasteiger charge is 2.15. The van der Waals surface area contributed by atoms with Crippen molar-refractivity contribution < 1.29 is 4.79 Å². The van der Waals surface area contributed by atoms with Crippen LogP contribution in [0.25, 0.3) is 0 Å². The molecular formula is C12H17BrN2O. The van der Waals surface area contributed by atoms with Crippen molar-refractivity contribution in [1.29, 1.82) is 0 Å². The molecule has 4 heteroatoms. The number of anilines is 1. The molecule has 0 aliphatic heterocycles. The van der Waals surface area contributed by atoms with Crippen molar-refractivity contribution >= 4 is 27.5 Å². The van der Waals surface area contributed by atoms with E-state index in [-0.39, 0.29) is 11.8 Å². The number of rotatable bonds is 4. The van der Waals surface area contributed by atoms with Crippen molar-refractivity contribution in [1.82, 2.24) is 0 Å². The molecule has 16 heavy (non-hydrogen) atoms. The average Bonchev–Trinajstić information content (AvgIpc) is 2.28. The second kappa shape index (κ2) is 6.01. The Morgan fingerprint density at radius 1 is 1.50 bits per heavy atom. The molecule has 0 spiro atoms. The zero-order valence-corrected chi connectivity index (χ0v) is 11.2. The highest BCUT2D eigenvalue weighted by molar-refractivity contribution is 9.10. The summed E-state index contributed by atoms with van der Waals surface area (Å²) in [4.78, 5) is 13.6. The highest BCUT2D eigenvalue weighted by atomic mass is 79.9. The van der Waals surface area contributed by atoms with Crippen LogP contribution in [-0.4, -0.2) is 19.5 Å². The topological polar surface area (TPSA) is 46.3 Å². The monoisotopic (exact) mass is 284 g/mol. The summed E-state index contributed by atoms with van der Waals surface area (Å²) in [5.41, 5.74) is 6.39. The van der Waals surface area contributed by atoms with Gasteiger partial charge in [-0.2, -0.15) is 0 Å². The molecule has 1 unspecified atom stereocenters. The van der Waals surface area contributed by atoms with Crippen LogP contribution in [0.2, 0.25) is 0 Å². The first-order valence-electron chi connectivity index (χ1n) is 5.27. The molecule has 0 aliphatic carbocycles. The zero-order valence-electron chi connectivity index (χ0n) is 9.61. The summed E-state index contributed by atoms with van der Waals surface area (Å²) >= 11 is 3.43. The summed E-state index contributed by atoms with van der Waals surface area (Å²) in [5, 5.41) is 0. The van der Waals surface area contributed by atoms with Crippen LogP contribution in [-0.2, 0) is 4.79 Å². The fourth-order valence-corrected chi connectivity index (χ4v) is 1.93. The summed E-state index contributed by atoms with van der Waals surface area (Å²) < 4.78 is 0.922. The Morgan fingerprint density at radius 2 is 2.12 bits per heavy atom. The van der Waals surface area contributed by atoms with Gasteiger partial charge in [-0.25, -0.2) is 0 Å². The van der Waals surface area contributed by atoms with Crippen LogP contribution in [0, 0.1) is 5.92 Å². The van der Waals surface area contributed by atoms with E-state index >= 15 is 0 Å². The van der Waals surface area contributed by atoms with Crippen molar-refractivity contribution in [2.45, 2.75) is 13.3 Å². The smallest absolute Gasteiger partial charge is 0.227 e. The highest BCUT2D eigenvalue weighted by Crippen LogP contribution is 2.25. The molecule has 0 radical (unpaired) electrons. The first-order valence-corrected chi connectivity index (χ1v) is 6.06. The van der Waals surface area contributed by atoms with Crippen LogP contribution in [0.15, 0.2) is 28.7 Å². The number of carbonyl (C=O) groups is 1. The number of hydrogen-bond donors (Lipinski definition) is 1. The van der Waals surface area contributed by atoms with Crippen molar-refractivity contribution in [2.75, 3.05) is 18.5 Å². The Kier molecular flexibility index (Phi) is 4.96. The third-order valence-electron chi connectivity index (χ3n) is 2.51. The maximum Gasteiger partial charge on any atom is 0.227 e. The number of hydrogen-bond acceptors (Lipinski definition) is 2. The van der Waals surface area contributed by atoms with E-state index < -0.39 is 0 Å². The minimum Gasteiger partial charge on any atom is -0.330 e. The van der Waals surface area contributed by atoms with E-state index in [4.69, 9.17) is 5.73 Å². The Labute approximate surface area is 105 Å². The second-order valence-electron chi connectivity index (χ2n) is 3.95. The molecular weight excluding hydrogens is 268 g/mol. The Balaban J connectivity index is 2.75. The van der Waals surface area contributed by atoms with Crippen LogP contribution in [0.5, 0.6) is 0 Å². The Hall–Kier alpha value is -0.870. The van der Waals surface area contributed by atoms with E-state index in [9.17, 15) is 4.79 Å². The van der Waals surface area contributed by atoms with Crippen LogP contribution >= 0.6 is 15.9 Å². The molecule has 0 bridgehead atoms. The van der Waals surface area contributed by atoms with Gasteiger partial charge in [0.2, 0.25) is 5.91 Å². The van der Waals surface area contributed by atoms with Gasteiger partial charge in [-0.3, -0.25) is 4.79 Å². The number of carbonyl (C=O) groups excluding carboxylic acids is 1. The van der Waals surface area contributed by atoms with Crippen molar-refractivity contribution in [3.8, 4) is 0 Å². The summed E-state index contributed by atoms with van der Waals surface area (Å²) in [6.45, 7) is 2.52. The van der Waals surface area contributed by atoms with Gasteiger partial charge >= 0.3 is 0 Å². The Bertz CT molecular complexity index is 368. The molecule has 0 aliphatic rings. The van der Waals surface area contributed by atoms with Crippen molar-refractivity contribution in [3.63, 3.8) is 0 Å². The van der Waals surface area contributed by atoms with Gasteiger partial charge < -0.3 is 10.6 Å². The lowest BCUT2D eigenvalue weighted by atomic mass is 10.1. The lowest BCUT2D eigenvalue weighted by molar-refractivity contribution is -0.119. The number of para-hydroxylation sites is 1. The van der Waals surface area contributed by atoms with E-state index in [1.165, 1.54) is 0 Å². The van der Waals surface area contributed by atoms with E-state index in [1.54, 1.807) is 11.9 Å². The third kappa shape index (κ3) is 3.32. The van der Waals surface area contributed by atoms with Gasteiger partial charge in [0.15, 0.2) is 0 Å². The predicted octanol–water partition coefficient (Wildman–Crippen LogP) is 2.40. The standard InChI is InChI=1S/C12H17BrN2O/c1-9(8-14)7-12(16)15(2)11-6-4-3-5-10(11)13/h3-6,9H,7-8,14H2,1-2H3. The number of halogens is 1.